The third-order valence-corrected chi connectivity index (χ3v) is 9.74. The fourth-order valence-electron chi connectivity index (χ4n) is 8.33. The van der Waals surface area contributed by atoms with Crippen molar-refractivity contribution in [3.63, 3.8) is 0 Å². The lowest BCUT2D eigenvalue weighted by Gasteiger charge is -2.61. The fraction of sp³-hybridized carbons (Fsp3) is 0.875. The summed E-state index contributed by atoms with van der Waals surface area (Å²) in [6.07, 6.45) is 12.7. The van der Waals surface area contributed by atoms with Gasteiger partial charge in [-0.25, -0.2) is 0 Å². The number of Topliss-reactive ketones (excluding diaryl/α,β-unsaturated/α-hetero) is 1. The topological polar surface area (TPSA) is 17.1 Å². The molecule has 0 spiro atoms. The first-order chi connectivity index (χ1) is 11.8. The van der Waals surface area contributed by atoms with Crippen LogP contribution in [-0.4, -0.2) is 5.78 Å². The lowest BCUT2D eigenvalue weighted by atomic mass is 9.44. The summed E-state index contributed by atoms with van der Waals surface area (Å²) in [5, 5.41) is 0. The van der Waals surface area contributed by atoms with E-state index in [2.05, 4.69) is 34.3 Å². The first-order valence-electron chi connectivity index (χ1n) is 11.0. The molecule has 4 fully saturated rings. The van der Waals surface area contributed by atoms with E-state index in [1.807, 2.05) is 6.08 Å². The molecule has 0 heterocycles. The number of rotatable bonds is 2. The van der Waals surface area contributed by atoms with Crippen LogP contribution in [0.1, 0.15) is 79.1 Å². The molecular formula is C24H38O. The Labute approximate surface area is 155 Å². The Bertz CT molecular complexity index is 564. The minimum Gasteiger partial charge on any atom is -0.299 e. The van der Waals surface area contributed by atoms with Crippen LogP contribution in [0.15, 0.2) is 12.7 Å². The number of hydrogen-bond acceptors (Lipinski definition) is 1. The number of ketones is 1. The average molecular weight is 343 g/mol. The van der Waals surface area contributed by atoms with Crippen LogP contribution in [0.25, 0.3) is 0 Å². The molecule has 25 heavy (non-hydrogen) atoms. The number of carbonyl (C=O) groups excluding carboxylic acids is 1. The van der Waals surface area contributed by atoms with Gasteiger partial charge in [0, 0.05) is 12.3 Å². The quantitative estimate of drug-likeness (QED) is 0.539. The molecule has 0 radical (unpaired) electrons. The van der Waals surface area contributed by atoms with E-state index in [4.69, 9.17) is 0 Å². The molecule has 4 saturated carbocycles. The van der Waals surface area contributed by atoms with Gasteiger partial charge in [-0.2, -0.15) is 0 Å². The molecular weight excluding hydrogens is 304 g/mol. The Morgan fingerprint density at radius 2 is 1.80 bits per heavy atom. The van der Waals surface area contributed by atoms with Crippen LogP contribution in [0.3, 0.4) is 0 Å². The minimum absolute atomic E-state index is 0.229. The SMILES string of the molecule is C=C[C@@H](C)C1C(=O)C[C@H]2[C@@H]3CCC4C[C@@H](C)CC[C@]4(C)[C@H]3CC[C@]12C. The summed E-state index contributed by atoms with van der Waals surface area (Å²) in [7, 11) is 0. The molecule has 4 aliphatic rings. The number of allylic oxidation sites excluding steroid dienone is 1. The summed E-state index contributed by atoms with van der Waals surface area (Å²) in [6, 6.07) is 0. The zero-order chi connectivity index (χ0) is 18.0. The van der Waals surface area contributed by atoms with Crippen LogP contribution < -0.4 is 0 Å². The first-order valence-corrected chi connectivity index (χ1v) is 11.0. The maximum Gasteiger partial charge on any atom is 0.137 e. The van der Waals surface area contributed by atoms with Crippen molar-refractivity contribution in [3.8, 4) is 0 Å². The van der Waals surface area contributed by atoms with Gasteiger partial charge in [0.15, 0.2) is 0 Å². The second kappa shape index (κ2) is 5.96. The molecule has 4 rings (SSSR count). The predicted molar refractivity (Wildman–Crippen MR) is 104 cm³/mol. The smallest absolute Gasteiger partial charge is 0.137 e. The second-order valence-corrected chi connectivity index (χ2v) is 10.8. The van der Waals surface area contributed by atoms with Gasteiger partial charge in [0.1, 0.15) is 5.78 Å². The van der Waals surface area contributed by atoms with Gasteiger partial charge >= 0.3 is 0 Å². The van der Waals surface area contributed by atoms with E-state index >= 15 is 0 Å². The van der Waals surface area contributed by atoms with Gasteiger partial charge in [0.05, 0.1) is 0 Å². The molecule has 1 heteroatoms. The highest BCUT2D eigenvalue weighted by Gasteiger charge is 2.62. The average Bonchev–Trinajstić information content (AvgIpc) is 2.85. The molecule has 1 nitrogen and oxygen atoms in total. The third-order valence-electron chi connectivity index (χ3n) is 9.74. The van der Waals surface area contributed by atoms with Gasteiger partial charge in [-0.1, -0.05) is 40.2 Å². The van der Waals surface area contributed by atoms with E-state index in [-0.39, 0.29) is 11.3 Å². The van der Waals surface area contributed by atoms with Crippen molar-refractivity contribution < 1.29 is 4.79 Å². The van der Waals surface area contributed by atoms with Crippen molar-refractivity contribution in [3.05, 3.63) is 12.7 Å². The monoisotopic (exact) mass is 342 g/mol. The van der Waals surface area contributed by atoms with Gasteiger partial charge in [-0.05, 0) is 84.9 Å². The maximum atomic E-state index is 13.0. The minimum atomic E-state index is 0.229. The zero-order valence-corrected chi connectivity index (χ0v) is 16.9. The van der Waals surface area contributed by atoms with Crippen molar-refractivity contribution in [2.24, 2.45) is 52.3 Å². The van der Waals surface area contributed by atoms with Crippen molar-refractivity contribution >= 4 is 5.78 Å². The van der Waals surface area contributed by atoms with Gasteiger partial charge in [-0.3, -0.25) is 4.79 Å². The number of hydrogen-bond donors (Lipinski definition) is 0. The summed E-state index contributed by atoms with van der Waals surface area (Å²) in [6.45, 7) is 13.8. The van der Waals surface area contributed by atoms with E-state index < -0.39 is 0 Å². The summed E-state index contributed by atoms with van der Waals surface area (Å²) < 4.78 is 0. The molecule has 0 aliphatic heterocycles. The van der Waals surface area contributed by atoms with Gasteiger partial charge in [0.25, 0.3) is 0 Å². The lowest BCUT2D eigenvalue weighted by Crippen LogP contribution is -2.53. The highest BCUT2D eigenvalue weighted by Crippen LogP contribution is 2.67. The molecule has 0 saturated heterocycles. The van der Waals surface area contributed by atoms with E-state index in [1.54, 1.807) is 0 Å². The molecule has 9 atom stereocenters. The normalized spacial score (nSPS) is 53.5. The lowest BCUT2D eigenvalue weighted by molar-refractivity contribution is -0.126. The number of carbonyl (C=O) groups is 1. The van der Waals surface area contributed by atoms with E-state index in [9.17, 15) is 4.79 Å². The van der Waals surface area contributed by atoms with Crippen LogP contribution in [0.4, 0.5) is 0 Å². The molecule has 0 aromatic carbocycles. The Kier molecular flexibility index (Phi) is 4.25. The standard InChI is InChI=1S/C24H38O/c1-6-16(3)22-21(25)14-20-18-8-7-17-13-15(2)9-11-23(17,4)19(18)10-12-24(20,22)5/h6,15-20,22H,1,7-14H2,2-5H3/t15-,16+,17?,18+,19-,20-,22?,23-,24-/m0/s1. The molecule has 140 valence electrons. The van der Waals surface area contributed by atoms with Gasteiger partial charge in [-0.15, -0.1) is 6.58 Å². The largest absolute Gasteiger partial charge is 0.299 e. The van der Waals surface area contributed by atoms with Crippen molar-refractivity contribution in [2.45, 2.75) is 79.1 Å². The Balaban J connectivity index is 1.64. The van der Waals surface area contributed by atoms with Crippen LogP contribution in [0.5, 0.6) is 0 Å². The summed E-state index contributed by atoms with van der Waals surface area (Å²) in [4.78, 5) is 13.0. The predicted octanol–water partition coefficient (Wildman–Crippen LogP) is 6.28. The molecule has 0 aromatic heterocycles. The van der Waals surface area contributed by atoms with Crippen LogP contribution in [0, 0.1) is 52.3 Å². The molecule has 0 bridgehead atoms. The summed E-state index contributed by atoms with van der Waals surface area (Å²) in [5.41, 5.74) is 0.791. The summed E-state index contributed by atoms with van der Waals surface area (Å²) in [5.74, 6) is 5.31. The second-order valence-electron chi connectivity index (χ2n) is 10.8. The van der Waals surface area contributed by atoms with Crippen molar-refractivity contribution in [1.82, 2.24) is 0 Å². The Hall–Kier alpha value is -0.590. The van der Waals surface area contributed by atoms with Crippen LogP contribution in [0.2, 0.25) is 0 Å². The highest BCUT2D eigenvalue weighted by atomic mass is 16.1. The van der Waals surface area contributed by atoms with Crippen LogP contribution in [-0.2, 0) is 4.79 Å². The zero-order valence-electron chi connectivity index (χ0n) is 16.9. The number of fused-ring (bicyclic) bond motifs is 5. The molecule has 2 unspecified atom stereocenters. The molecule has 0 N–H and O–H groups in total. The van der Waals surface area contributed by atoms with Crippen LogP contribution >= 0.6 is 0 Å². The molecule has 0 aromatic rings. The fourth-order valence-corrected chi connectivity index (χ4v) is 8.33. The van der Waals surface area contributed by atoms with E-state index in [0.29, 0.717) is 23.0 Å². The van der Waals surface area contributed by atoms with Gasteiger partial charge in [0.2, 0.25) is 0 Å². The molecule has 0 amide bonds. The first kappa shape index (κ1) is 17.8. The van der Waals surface area contributed by atoms with E-state index in [0.717, 1.165) is 30.1 Å². The molecule has 4 aliphatic carbocycles. The third kappa shape index (κ3) is 2.43. The van der Waals surface area contributed by atoms with E-state index in [1.165, 1.54) is 44.9 Å². The Morgan fingerprint density at radius 3 is 2.52 bits per heavy atom. The van der Waals surface area contributed by atoms with Crippen molar-refractivity contribution in [2.75, 3.05) is 0 Å². The van der Waals surface area contributed by atoms with Crippen molar-refractivity contribution in [1.29, 1.82) is 0 Å². The maximum absolute atomic E-state index is 13.0. The summed E-state index contributed by atoms with van der Waals surface area (Å²) >= 11 is 0. The van der Waals surface area contributed by atoms with Gasteiger partial charge < -0.3 is 0 Å². The highest BCUT2D eigenvalue weighted by molar-refractivity contribution is 5.85. The Morgan fingerprint density at radius 1 is 1.08 bits per heavy atom.